The molecule has 0 bridgehead atoms. The molecule has 2 aromatic carbocycles. The van der Waals surface area contributed by atoms with E-state index in [2.05, 4.69) is 18.8 Å². The molecule has 1 atom stereocenters. The third-order valence-electron chi connectivity index (χ3n) is 4.67. The van der Waals surface area contributed by atoms with Crippen LogP contribution < -0.4 is 10.1 Å². The average Bonchev–Trinajstić information content (AvgIpc) is 2.65. The molecule has 1 heterocycles. The quantitative estimate of drug-likeness (QED) is 0.795. The molecule has 0 aromatic heterocycles. The summed E-state index contributed by atoms with van der Waals surface area (Å²) in [4.78, 5) is 15.0. The normalized spacial score (nSPS) is 19.1. The predicted molar refractivity (Wildman–Crippen MR) is 101 cm³/mol. The summed E-state index contributed by atoms with van der Waals surface area (Å²) >= 11 is 0. The molecule has 1 aliphatic heterocycles. The van der Waals surface area contributed by atoms with E-state index in [9.17, 15) is 4.79 Å². The zero-order chi connectivity index (χ0) is 17.9. The number of ether oxygens (including phenoxy) is 1. The SMILES string of the molecule is C=CCN1C(=O)c2ccccc2NC1(CC)c1ccc(OCC)cc1. The van der Waals surface area contributed by atoms with Crippen LogP contribution in [-0.2, 0) is 5.66 Å². The van der Waals surface area contributed by atoms with Gasteiger partial charge < -0.3 is 15.0 Å². The number of carbonyl (C=O) groups is 1. The molecule has 0 saturated heterocycles. The molecule has 25 heavy (non-hydrogen) atoms. The van der Waals surface area contributed by atoms with Crippen molar-refractivity contribution in [3.63, 3.8) is 0 Å². The number of hydrogen-bond acceptors (Lipinski definition) is 3. The second kappa shape index (κ2) is 7.01. The summed E-state index contributed by atoms with van der Waals surface area (Å²) in [5, 5.41) is 3.61. The summed E-state index contributed by atoms with van der Waals surface area (Å²) in [6, 6.07) is 15.6. The number of nitrogens with zero attached hydrogens (tertiary/aromatic N) is 1. The molecule has 1 amide bonds. The molecule has 4 heteroatoms. The summed E-state index contributed by atoms with van der Waals surface area (Å²) < 4.78 is 5.55. The van der Waals surface area contributed by atoms with E-state index in [0.29, 0.717) is 18.7 Å². The zero-order valence-corrected chi connectivity index (χ0v) is 14.8. The molecule has 1 unspecified atom stereocenters. The van der Waals surface area contributed by atoms with Crippen molar-refractivity contribution in [1.82, 2.24) is 4.90 Å². The summed E-state index contributed by atoms with van der Waals surface area (Å²) in [5.74, 6) is 0.847. The van der Waals surface area contributed by atoms with Crippen molar-refractivity contribution in [3.05, 3.63) is 72.3 Å². The third kappa shape index (κ3) is 2.88. The summed E-state index contributed by atoms with van der Waals surface area (Å²) in [6.07, 6.45) is 2.50. The van der Waals surface area contributed by atoms with E-state index in [0.717, 1.165) is 23.4 Å². The Morgan fingerprint density at radius 3 is 2.52 bits per heavy atom. The number of hydrogen-bond donors (Lipinski definition) is 1. The average molecular weight is 336 g/mol. The molecule has 4 nitrogen and oxygen atoms in total. The molecule has 1 N–H and O–H groups in total. The number of carbonyl (C=O) groups excluding carboxylic acids is 1. The van der Waals surface area contributed by atoms with Crippen LogP contribution in [0, 0.1) is 0 Å². The van der Waals surface area contributed by atoms with Crippen LogP contribution in [0.5, 0.6) is 5.75 Å². The van der Waals surface area contributed by atoms with Crippen LogP contribution in [-0.4, -0.2) is 24.0 Å². The van der Waals surface area contributed by atoms with Gasteiger partial charge in [0.1, 0.15) is 11.4 Å². The Bertz CT molecular complexity index is 770. The maximum Gasteiger partial charge on any atom is 0.258 e. The number of fused-ring (bicyclic) bond motifs is 1. The smallest absolute Gasteiger partial charge is 0.258 e. The first kappa shape index (κ1) is 17.1. The lowest BCUT2D eigenvalue weighted by Crippen LogP contribution is -2.57. The van der Waals surface area contributed by atoms with Crippen molar-refractivity contribution < 1.29 is 9.53 Å². The van der Waals surface area contributed by atoms with Gasteiger partial charge in [-0.2, -0.15) is 0 Å². The molecule has 130 valence electrons. The topological polar surface area (TPSA) is 41.6 Å². The molecule has 3 rings (SSSR count). The Hall–Kier alpha value is -2.75. The maximum atomic E-state index is 13.1. The van der Waals surface area contributed by atoms with Gasteiger partial charge in [0.15, 0.2) is 0 Å². The van der Waals surface area contributed by atoms with Crippen LogP contribution in [0.3, 0.4) is 0 Å². The van der Waals surface area contributed by atoms with E-state index in [4.69, 9.17) is 4.74 Å². The lowest BCUT2D eigenvalue weighted by atomic mass is 9.89. The van der Waals surface area contributed by atoms with E-state index in [1.165, 1.54) is 0 Å². The lowest BCUT2D eigenvalue weighted by molar-refractivity contribution is 0.0524. The Balaban J connectivity index is 2.10. The molecular formula is C21H24N2O2. The molecule has 0 radical (unpaired) electrons. The minimum atomic E-state index is -0.607. The van der Waals surface area contributed by atoms with E-state index in [1.54, 1.807) is 6.08 Å². The first-order chi connectivity index (χ1) is 12.2. The van der Waals surface area contributed by atoms with Crippen LogP contribution in [0.2, 0.25) is 0 Å². The molecular weight excluding hydrogens is 312 g/mol. The fraction of sp³-hybridized carbons (Fsp3) is 0.286. The monoisotopic (exact) mass is 336 g/mol. The van der Waals surface area contributed by atoms with Gasteiger partial charge in [0.05, 0.1) is 12.2 Å². The first-order valence-electron chi connectivity index (χ1n) is 8.69. The number of anilines is 1. The molecule has 0 fully saturated rings. The highest BCUT2D eigenvalue weighted by molar-refractivity contribution is 6.02. The fourth-order valence-electron chi connectivity index (χ4n) is 3.46. The van der Waals surface area contributed by atoms with Gasteiger partial charge in [-0.05, 0) is 43.2 Å². The molecule has 0 saturated carbocycles. The second-order valence-electron chi connectivity index (χ2n) is 6.05. The largest absolute Gasteiger partial charge is 0.494 e. The molecule has 1 aliphatic rings. The Labute approximate surface area is 149 Å². The van der Waals surface area contributed by atoms with Gasteiger partial charge in [0.2, 0.25) is 0 Å². The fourth-order valence-corrected chi connectivity index (χ4v) is 3.46. The highest BCUT2D eigenvalue weighted by atomic mass is 16.5. The van der Waals surface area contributed by atoms with Crippen LogP contribution >= 0.6 is 0 Å². The van der Waals surface area contributed by atoms with Crippen molar-refractivity contribution in [2.45, 2.75) is 25.9 Å². The van der Waals surface area contributed by atoms with Gasteiger partial charge in [0, 0.05) is 12.2 Å². The number of amides is 1. The number of nitrogens with one attached hydrogen (secondary N) is 1. The van der Waals surface area contributed by atoms with Gasteiger partial charge >= 0.3 is 0 Å². The van der Waals surface area contributed by atoms with Crippen molar-refractivity contribution >= 4 is 11.6 Å². The maximum absolute atomic E-state index is 13.1. The summed E-state index contributed by atoms with van der Waals surface area (Å²) in [7, 11) is 0. The molecule has 2 aromatic rings. The summed E-state index contributed by atoms with van der Waals surface area (Å²) in [5.41, 5.74) is 1.98. The van der Waals surface area contributed by atoms with Gasteiger partial charge in [0.25, 0.3) is 5.91 Å². The minimum Gasteiger partial charge on any atom is -0.494 e. The van der Waals surface area contributed by atoms with Gasteiger partial charge in [-0.3, -0.25) is 4.79 Å². The number of para-hydroxylation sites is 1. The van der Waals surface area contributed by atoms with Crippen LogP contribution in [0.15, 0.2) is 61.2 Å². The zero-order valence-electron chi connectivity index (χ0n) is 14.8. The number of benzene rings is 2. The highest BCUT2D eigenvalue weighted by Gasteiger charge is 2.44. The second-order valence-corrected chi connectivity index (χ2v) is 6.05. The lowest BCUT2D eigenvalue weighted by Gasteiger charge is -2.48. The van der Waals surface area contributed by atoms with Crippen molar-refractivity contribution in [2.75, 3.05) is 18.5 Å². The third-order valence-corrected chi connectivity index (χ3v) is 4.67. The minimum absolute atomic E-state index is 0.0185. The van der Waals surface area contributed by atoms with E-state index >= 15 is 0 Å². The van der Waals surface area contributed by atoms with E-state index < -0.39 is 5.66 Å². The van der Waals surface area contributed by atoms with Crippen LogP contribution in [0.1, 0.15) is 36.2 Å². The van der Waals surface area contributed by atoms with Gasteiger partial charge in [-0.1, -0.05) is 37.3 Å². The van der Waals surface area contributed by atoms with Crippen molar-refractivity contribution in [1.29, 1.82) is 0 Å². The molecule has 0 spiro atoms. The van der Waals surface area contributed by atoms with E-state index in [1.807, 2.05) is 60.4 Å². The molecule has 0 aliphatic carbocycles. The van der Waals surface area contributed by atoms with Gasteiger partial charge in [-0.25, -0.2) is 0 Å². The number of rotatable bonds is 6. The van der Waals surface area contributed by atoms with Crippen LogP contribution in [0.25, 0.3) is 0 Å². The predicted octanol–water partition coefficient (Wildman–Crippen LogP) is 4.40. The van der Waals surface area contributed by atoms with Crippen LogP contribution in [0.4, 0.5) is 5.69 Å². The Morgan fingerprint density at radius 2 is 1.88 bits per heavy atom. The highest BCUT2D eigenvalue weighted by Crippen LogP contribution is 2.40. The van der Waals surface area contributed by atoms with Crippen molar-refractivity contribution in [2.24, 2.45) is 0 Å². The summed E-state index contributed by atoms with van der Waals surface area (Å²) in [6.45, 7) is 8.99. The Kier molecular flexibility index (Phi) is 4.79. The first-order valence-corrected chi connectivity index (χ1v) is 8.69. The van der Waals surface area contributed by atoms with Gasteiger partial charge in [-0.15, -0.1) is 6.58 Å². The Morgan fingerprint density at radius 1 is 1.16 bits per heavy atom. The van der Waals surface area contributed by atoms with Crippen molar-refractivity contribution in [3.8, 4) is 5.75 Å². The van der Waals surface area contributed by atoms with E-state index in [-0.39, 0.29) is 5.91 Å². The standard InChI is InChI=1S/C21H24N2O2/c1-4-15-23-20(24)18-9-7-8-10-19(18)22-21(23,5-2)16-11-13-17(14-12-16)25-6-3/h4,7-14,22H,1,5-6,15H2,2-3H3.